The fourth-order valence-electron chi connectivity index (χ4n) is 3.56. The highest BCUT2D eigenvalue weighted by atomic mass is 35.5. The Bertz CT molecular complexity index is 763. The third-order valence-corrected chi connectivity index (χ3v) is 4.91. The zero-order valence-corrected chi connectivity index (χ0v) is 16.9. The lowest BCUT2D eigenvalue weighted by Gasteiger charge is -2.35. The minimum atomic E-state index is -0.0912. The van der Waals surface area contributed by atoms with E-state index in [1.54, 1.807) is 18.5 Å². The molecule has 0 bridgehead atoms. The average molecular weight is 414 g/mol. The molecule has 2 saturated heterocycles. The van der Waals surface area contributed by atoms with Crippen LogP contribution in [-0.4, -0.2) is 63.0 Å². The number of halogens is 2. The number of aromatic nitrogens is 4. The van der Waals surface area contributed by atoms with Crippen molar-refractivity contribution in [1.82, 2.24) is 29.7 Å². The SMILES string of the molecule is Cl.Cl.Cn1ccnc1C1CNCCN1C(=O)c1ccnc(N2CCCC2)n1. The van der Waals surface area contributed by atoms with Crippen LogP contribution in [0.2, 0.25) is 0 Å². The molecule has 2 aromatic rings. The lowest BCUT2D eigenvalue weighted by molar-refractivity contribution is 0.0614. The van der Waals surface area contributed by atoms with Crippen LogP contribution in [0.4, 0.5) is 5.95 Å². The Morgan fingerprint density at radius 3 is 2.63 bits per heavy atom. The second kappa shape index (κ2) is 9.34. The number of carbonyl (C=O) groups is 1. The quantitative estimate of drug-likeness (QED) is 0.819. The molecule has 0 spiro atoms. The van der Waals surface area contributed by atoms with Crippen molar-refractivity contribution in [3.63, 3.8) is 0 Å². The van der Waals surface area contributed by atoms with Crippen molar-refractivity contribution in [3.8, 4) is 0 Å². The van der Waals surface area contributed by atoms with Crippen molar-refractivity contribution in [2.24, 2.45) is 7.05 Å². The number of hydrogen-bond donors (Lipinski definition) is 1. The fraction of sp³-hybridized carbons (Fsp3) is 0.529. The Hall–Kier alpha value is -1.90. The number of nitrogens with zero attached hydrogens (tertiary/aromatic N) is 6. The summed E-state index contributed by atoms with van der Waals surface area (Å²) in [4.78, 5) is 30.5. The van der Waals surface area contributed by atoms with E-state index in [2.05, 4.69) is 25.2 Å². The van der Waals surface area contributed by atoms with E-state index < -0.39 is 0 Å². The molecule has 148 valence electrons. The van der Waals surface area contributed by atoms with Gasteiger partial charge in [0.25, 0.3) is 5.91 Å². The van der Waals surface area contributed by atoms with E-state index in [0.717, 1.165) is 38.3 Å². The lowest BCUT2D eigenvalue weighted by Crippen LogP contribution is -2.49. The molecular formula is C17H25Cl2N7O. The molecule has 2 aromatic heterocycles. The van der Waals surface area contributed by atoms with Gasteiger partial charge in [0.1, 0.15) is 17.6 Å². The molecule has 2 aliphatic rings. The monoisotopic (exact) mass is 413 g/mol. The Balaban J connectivity index is 0.00000131. The van der Waals surface area contributed by atoms with Crippen molar-refractivity contribution >= 4 is 36.7 Å². The van der Waals surface area contributed by atoms with Crippen LogP contribution >= 0.6 is 24.8 Å². The van der Waals surface area contributed by atoms with E-state index in [1.807, 2.05) is 22.7 Å². The van der Waals surface area contributed by atoms with Gasteiger partial charge in [-0.3, -0.25) is 4.79 Å². The van der Waals surface area contributed by atoms with Gasteiger partial charge in [0.05, 0.1) is 0 Å². The van der Waals surface area contributed by atoms with Gasteiger partial charge in [0, 0.05) is 58.4 Å². The van der Waals surface area contributed by atoms with Crippen LogP contribution < -0.4 is 10.2 Å². The molecule has 1 amide bonds. The molecule has 27 heavy (non-hydrogen) atoms. The molecule has 1 atom stereocenters. The van der Waals surface area contributed by atoms with Gasteiger partial charge in [0.2, 0.25) is 5.95 Å². The van der Waals surface area contributed by atoms with E-state index in [-0.39, 0.29) is 36.8 Å². The third-order valence-electron chi connectivity index (χ3n) is 4.91. The Labute approximate surface area is 171 Å². The van der Waals surface area contributed by atoms with Crippen LogP contribution in [0.3, 0.4) is 0 Å². The third kappa shape index (κ3) is 4.34. The molecule has 2 fully saturated rings. The second-order valence-corrected chi connectivity index (χ2v) is 6.55. The topological polar surface area (TPSA) is 79.2 Å². The maximum atomic E-state index is 13.1. The summed E-state index contributed by atoms with van der Waals surface area (Å²) in [5.41, 5.74) is 0.456. The predicted molar refractivity (Wildman–Crippen MR) is 108 cm³/mol. The first-order chi connectivity index (χ1) is 12.2. The van der Waals surface area contributed by atoms with Crippen molar-refractivity contribution < 1.29 is 4.79 Å². The molecule has 0 aliphatic carbocycles. The number of piperazine rings is 1. The molecule has 10 heteroatoms. The average Bonchev–Trinajstić information content (AvgIpc) is 3.33. The number of nitrogens with one attached hydrogen (secondary N) is 1. The van der Waals surface area contributed by atoms with E-state index in [4.69, 9.17) is 0 Å². The van der Waals surface area contributed by atoms with Crippen LogP contribution in [0, 0.1) is 0 Å². The van der Waals surface area contributed by atoms with Crippen LogP contribution in [0.5, 0.6) is 0 Å². The van der Waals surface area contributed by atoms with Gasteiger partial charge >= 0.3 is 0 Å². The van der Waals surface area contributed by atoms with E-state index in [1.165, 1.54) is 0 Å². The van der Waals surface area contributed by atoms with Crippen LogP contribution in [-0.2, 0) is 7.05 Å². The first-order valence-corrected chi connectivity index (χ1v) is 8.81. The Morgan fingerprint density at radius 2 is 1.93 bits per heavy atom. The standard InChI is InChI=1S/C17H23N7O.2ClH/c1-22-10-7-19-15(22)14-12-18-6-11-24(14)16(25)13-4-5-20-17(21-13)23-8-2-3-9-23;;/h4-5,7,10,14,18H,2-3,6,8-9,11-12H2,1H3;2*1H. The first kappa shape index (κ1) is 21.4. The van der Waals surface area contributed by atoms with E-state index in [9.17, 15) is 4.79 Å². The number of hydrogen-bond acceptors (Lipinski definition) is 6. The number of aryl methyl sites for hydroxylation is 1. The minimum Gasteiger partial charge on any atom is -0.341 e. The molecule has 4 rings (SSSR count). The van der Waals surface area contributed by atoms with Gasteiger partial charge in [-0.15, -0.1) is 24.8 Å². The Morgan fingerprint density at radius 1 is 1.15 bits per heavy atom. The highest BCUT2D eigenvalue weighted by Crippen LogP contribution is 2.23. The minimum absolute atomic E-state index is 0. The summed E-state index contributed by atoms with van der Waals surface area (Å²) < 4.78 is 1.97. The number of rotatable bonds is 3. The Kier molecular flexibility index (Phi) is 7.41. The summed E-state index contributed by atoms with van der Waals surface area (Å²) in [6.45, 7) is 4.03. The summed E-state index contributed by atoms with van der Waals surface area (Å²) in [5, 5.41) is 3.35. The molecule has 0 saturated carbocycles. The molecule has 0 radical (unpaired) electrons. The van der Waals surface area contributed by atoms with E-state index in [0.29, 0.717) is 24.7 Å². The maximum absolute atomic E-state index is 13.1. The second-order valence-electron chi connectivity index (χ2n) is 6.55. The van der Waals surface area contributed by atoms with Crippen molar-refractivity contribution in [1.29, 1.82) is 0 Å². The van der Waals surface area contributed by atoms with Gasteiger partial charge in [-0.2, -0.15) is 0 Å². The summed E-state index contributed by atoms with van der Waals surface area (Å²) in [7, 11) is 1.95. The van der Waals surface area contributed by atoms with Gasteiger partial charge < -0.3 is 19.7 Å². The summed E-state index contributed by atoms with van der Waals surface area (Å²) in [6.07, 6.45) is 7.67. The number of imidazole rings is 1. The molecule has 4 heterocycles. The first-order valence-electron chi connectivity index (χ1n) is 8.81. The zero-order valence-electron chi connectivity index (χ0n) is 15.2. The van der Waals surface area contributed by atoms with E-state index >= 15 is 0 Å². The van der Waals surface area contributed by atoms with Gasteiger partial charge in [-0.25, -0.2) is 15.0 Å². The summed E-state index contributed by atoms with van der Waals surface area (Å²) >= 11 is 0. The predicted octanol–water partition coefficient (Wildman–Crippen LogP) is 1.44. The van der Waals surface area contributed by atoms with Crippen molar-refractivity contribution in [3.05, 3.63) is 36.2 Å². The van der Waals surface area contributed by atoms with Gasteiger partial charge in [-0.05, 0) is 18.9 Å². The maximum Gasteiger partial charge on any atom is 0.273 e. The van der Waals surface area contributed by atoms with Gasteiger partial charge in [-0.1, -0.05) is 0 Å². The van der Waals surface area contributed by atoms with Crippen LogP contribution in [0.1, 0.15) is 35.2 Å². The van der Waals surface area contributed by atoms with Gasteiger partial charge in [0.15, 0.2) is 0 Å². The number of amides is 1. The largest absolute Gasteiger partial charge is 0.341 e. The normalized spacial score (nSPS) is 19.4. The molecule has 2 aliphatic heterocycles. The highest BCUT2D eigenvalue weighted by molar-refractivity contribution is 5.93. The zero-order chi connectivity index (χ0) is 17.2. The molecular weight excluding hydrogens is 389 g/mol. The lowest BCUT2D eigenvalue weighted by atomic mass is 10.1. The number of carbonyl (C=O) groups excluding carboxylic acids is 1. The summed E-state index contributed by atoms with van der Waals surface area (Å²) in [5.74, 6) is 1.48. The molecule has 1 N–H and O–H groups in total. The highest BCUT2D eigenvalue weighted by Gasteiger charge is 2.32. The smallest absolute Gasteiger partial charge is 0.273 e. The number of anilines is 1. The molecule has 8 nitrogen and oxygen atoms in total. The fourth-order valence-corrected chi connectivity index (χ4v) is 3.56. The van der Waals surface area contributed by atoms with Crippen LogP contribution in [0.15, 0.2) is 24.7 Å². The van der Waals surface area contributed by atoms with Crippen LogP contribution in [0.25, 0.3) is 0 Å². The van der Waals surface area contributed by atoms with Crippen molar-refractivity contribution in [2.45, 2.75) is 18.9 Å². The summed E-state index contributed by atoms with van der Waals surface area (Å²) in [6, 6.07) is 1.62. The van der Waals surface area contributed by atoms with Crippen molar-refractivity contribution in [2.75, 3.05) is 37.6 Å². The molecule has 0 aromatic carbocycles. The molecule has 1 unspecified atom stereocenters.